The van der Waals surface area contributed by atoms with Crippen molar-refractivity contribution >= 4 is 5.97 Å². The fourth-order valence-electron chi connectivity index (χ4n) is 1.43. The van der Waals surface area contributed by atoms with Crippen LogP contribution in [0, 0.1) is 0 Å². The van der Waals surface area contributed by atoms with E-state index >= 15 is 0 Å². The minimum atomic E-state index is -0.480. The van der Waals surface area contributed by atoms with Gasteiger partial charge in [-0.05, 0) is 13.3 Å². The molecule has 1 rings (SSSR count). The third-order valence-corrected chi connectivity index (χ3v) is 2.17. The van der Waals surface area contributed by atoms with Gasteiger partial charge in [-0.25, -0.2) is 4.79 Å². The van der Waals surface area contributed by atoms with Crippen molar-refractivity contribution in [2.45, 2.75) is 19.4 Å². The van der Waals surface area contributed by atoms with Gasteiger partial charge in [0.2, 0.25) is 0 Å². The van der Waals surface area contributed by atoms with Gasteiger partial charge in [0.05, 0.1) is 6.61 Å². The molecule has 0 fully saturated rings. The minimum Gasteiger partial charge on any atom is -0.461 e. The van der Waals surface area contributed by atoms with Crippen LogP contribution < -0.4 is 5.73 Å². The third-order valence-electron chi connectivity index (χ3n) is 2.17. The maximum Gasteiger partial charge on any atom is 0.359 e. The molecule has 0 spiro atoms. The van der Waals surface area contributed by atoms with Gasteiger partial charge in [-0.15, -0.1) is 0 Å². The summed E-state index contributed by atoms with van der Waals surface area (Å²) in [7, 11) is 1.71. The Labute approximate surface area is 94.0 Å². The number of carbonyl (C=O) groups is 1. The topological polar surface area (TPSA) is 90.4 Å². The van der Waals surface area contributed by atoms with E-state index in [0.717, 1.165) is 0 Å². The van der Waals surface area contributed by atoms with Gasteiger partial charge in [0.25, 0.3) is 0 Å². The first kappa shape index (κ1) is 12.7. The fraction of sp³-hybridized carbons (Fsp3) is 0.600. The average molecular weight is 227 g/mol. The molecule has 0 radical (unpaired) electrons. The molecule has 0 amide bonds. The predicted octanol–water partition coefficient (Wildman–Crippen LogP) is -0.0210. The molecule has 6 nitrogen and oxygen atoms in total. The average Bonchev–Trinajstić information content (AvgIpc) is 2.61. The van der Waals surface area contributed by atoms with E-state index in [2.05, 4.69) is 5.10 Å². The van der Waals surface area contributed by atoms with Gasteiger partial charge < -0.3 is 15.6 Å². The number of nitrogens with zero attached hydrogens (tertiary/aromatic N) is 2. The lowest BCUT2D eigenvalue weighted by Crippen LogP contribution is -2.16. The summed E-state index contributed by atoms with van der Waals surface area (Å²) >= 11 is 0. The van der Waals surface area contributed by atoms with Gasteiger partial charge in [0.15, 0.2) is 5.69 Å². The highest BCUT2D eigenvalue weighted by Crippen LogP contribution is 2.18. The van der Waals surface area contributed by atoms with Crippen molar-refractivity contribution < 1.29 is 14.6 Å². The van der Waals surface area contributed by atoms with Crippen molar-refractivity contribution in [3.8, 4) is 0 Å². The second kappa shape index (κ2) is 5.62. The Bertz CT molecular complexity index is 362. The number of aliphatic hydroxyl groups excluding tert-OH is 1. The number of aromatic nitrogens is 2. The lowest BCUT2D eigenvalue weighted by Gasteiger charge is -2.08. The molecule has 1 unspecified atom stereocenters. The van der Waals surface area contributed by atoms with Crippen LogP contribution in [0.5, 0.6) is 0 Å². The normalized spacial score (nSPS) is 12.5. The number of aliphatic hydroxyl groups is 1. The van der Waals surface area contributed by atoms with Gasteiger partial charge in [-0.2, -0.15) is 5.10 Å². The summed E-state index contributed by atoms with van der Waals surface area (Å²) in [6.45, 7) is 2.00. The number of nitrogens with two attached hydrogens (primary N) is 1. The highest BCUT2D eigenvalue weighted by molar-refractivity contribution is 5.89. The summed E-state index contributed by atoms with van der Waals surface area (Å²) < 4.78 is 6.39. The van der Waals surface area contributed by atoms with E-state index in [1.165, 1.54) is 4.68 Å². The van der Waals surface area contributed by atoms with Crippen molar-refractivity contribution in [2.75, 3.05) is 13.2 Å². The largest absolute Gasteiger partial charge is 0.461 e. The maximum absolute atomic E-state index is 11.6. The highest BCUT2D eigenvalue weighted by atomic mass is 16.5. The van der Waals surface area contributed by atoms with Gasteiger partial charge in [-0.3, -0.25) is 4.68 Å². The van der Waals surface area contributed by atoms with Crippen LogP contribution in [0.3, 0.4) is 0 Å². The number of carbonyl (C=O) groups excluding carboxylic acids is 1. The Kier molecular flexibility index (Phi) is 4.45. The summed E-state index contributed by atoms with van der Waals surface area (Å²) in [5.41, 5.74) is 6.67. The summed E-state index contributed by atoms with van der Waals surface area (Å²) in [5, 5.41) is 12.8. The molecule has 1 aromatic heterocycles. The standard InChI is InChI=1S/C10H17N3O3/c1-3-16-10(15)9-7(6-13(2)12-9)8(11)4-5-14/h6,8,14H,3-5,11H2,1-2H3. The Morgan fingerprint density at radius 3 is 3.00 bits per heavy atom. The Morgan fingerprint density at radius 2 is 2.44 bits per heavy atom. The van der Waals surface area contributed by atoms with E-state index in [1.807, 2.05) is 0 Å². The minimum absolute atomic E-state index is 0.0294. The van der Waals surface area contributed by atoms with Crippen LogP contribution in [0.25, 0.3) is 0 Å². The molecule has 0 saturated carbocycles. The molecule has 90 valence electrons. The van der Waals surface area contributed by atoms with Gasteiger partial charge >= 0.3 is 5.97 Å². The van der Waals surface area contributed by atoms with Crippen molar-refractivity contribution in [3.05, 3.63) is 17.5 Å². The molecular weight excluding hydrogens is 210 g/mol. The molecule has 1 heterocycles. The van der Waals surface area contributed by atoms with Crippen LogP contribution in [-0.2, 0) is 11.8 Å². The smallest absolute Gasteiger partial charge is 0.359 e. The lowest BCUT2D eigenvalue weighted by atomic mass is 10.1. The highest BCUT2D eigenvalue weighted by Gasteiger charge is 2.21. The number of hydrogen-bond donors (Lipinski definition) is 2. The maximum atomic E-state index is 11.6. The third kappa shape index (κ3) is 2.80. The van der Waals surface area contributed by atoms with Crippen LogP contribution in [0.4, 0.5) is 0 Å². The molecule has 0 aliphatic rings. The predicted molar refractivity (Wildman–Crippen MR) is 57.8 cm³/mol. The van der Waals surface area contributed by atoms with Crippen LogP contribution in [-0.4, -0.2) is 34.1 Å². The summed E-state index contributed by atoms with van der Waals surface area (Å²) in [6, 6.07) is -0.405. The molecule has 1 atom stereocenters. The number of aryl methyl sites for hydroxylation is 1. The Balaban J connectivity index is 2.95. The second-order valence-electron chi connectivity index (χ2n) is 3.45. The van der Waals surface area contributed by atoms with E-state index in [-0.39, 0.29) is 12.3 Å². The second-order valence-corrected chi connectivity index (χ2v) is 3.45. The number of esters is 1. The van der Waals surface area contributed by atoms with Gasteiger partial charge in [-0.1, -0.05) is 0 Å². The monoisotopic (exact) mass is 227 g/mol. The summed E-state index contributed by atoms with van der Waals surface area (Å²) in [6.07, 6.45) is 2.06. The first-order valence-electron chi connectivity index (χ1n) is 5.17. The molecule has 0 aliphatic heterocycles. The Hall–Kier alpha value is -1.40. The lowest BCUT2D eigenvalue weighted by molar-refractivity contribution is 0.0516. The molecule has 0 aliphatic carbocycles. The zero-order valence-electron chi connectivity index (χ0n) is 9.51. The van der Waals surface area contributed by atoms with E-state index in [0.29, 0.717) is 18.6 Å². The van der Waals surface area contributed by atoms with E-state index in [1.54, 1.807) is 20.2 Å². The van der Waals surface area contributed by atoms with Crippen LogP contribution in [0.1, 0.15) is 35.4 Å². The van der Waals surface area contributed by atoms with Gasteiger partial charge in [0.1, 0.15) is 0 Å². The van der Waals surface area contributed by atoms with E-state index < -0.39 is 12.0 Å². The van der Waals surface area contributed by atoms with Crippen molar-refractivity contribution in [1.29, 1.82) is 0 Å². The van der Waals surface area contributed by atoms with Crippen LogP contribution in [0.15, 0.2) is 6.20 Å². The zero-order valence-corrected chi connectivity index (χ0v) is 9.51. The van der Waals surface area contributed by atoms with Crippen LogP contribution >= 0.6 is 0 Å². The van der Waals surface area contributed by atoms with Gasteiger partial charge in [0, 0.05) is 31.5 Å². The van der Waals surface area contributed by atoms with Crippen molar-refractivity contribution in [3.63, 3.8) is 0 Å². The van der Waals surface area contributed by atoms with E-state index in [9.17, 15) is 4.79 Å². The van der Waals surface area contributed by atoms with Crippen LogP contribution in [0.2, 0.25) is 0 Å². The molecule has 0 saturated heterocycles. The molecular formula is C10H17N3O3. The zero-order chi connectivity index (χ0) is 12.1. The SMILES string of the molecule is CCOC(=O)c1nn(C)cc1C(N)CCO. The van der Waals surface area contributed by atoms with Crippen molar-refractivity contribution in [2.24, 2.45) is 12.8 Å². The number of hydrogen-bond acceptors (Lipinski definition) is 5. The molecule has 16 heavy (non-hydrogen) atoms. The van der Waals surface area contributed by atoms with Crippen molar-refractivity contribution in [1.82, 2.24) is 9.78 Å². The number of rotatable bonds is 5. The van der Waals surface area contributed by atoms with E-state index in [4.69, 9.17) is 15.6 Å². The molecule has 0 bridgehead atoms. The fourth-order valence-corrected chi connectivity index (χ4v) is 1.43. The first-order chi connectivity index (χ1) is 7.60. The summed E-state index contributed by atoms with van der Waals surface area (Å²) in [4.78, 5) is 11.6. The quantitative estimate of drug-likeness (QED) is 0.690. The molecule has 0 aromatic carbocycles. The molecule has 3 N–H and O–H groups in total. The first-order valence-corrected chi connectivity index (χ1v) is 5.17. The summed E-state index contributed by atoms with van der Waals surface area (Å²) in [5.74, 6) is -0.480. The molecule has 1 aromatic rings. The number of ether oxygens (including phenoxy) is 1. The Morgan fingerprint density at radius 1 is 1.75 bits per heavy atom. The molecule has 6 heteroatoms.